The molecule has 0 saturated heterocycles. The lowest BCUT2D eigenvalue weighted by Gasteiger charge is -2.35. The molecule has 0 atom stereocenters. The maximum absolute atomic E-state index is 12.6. The number of hydrogen-bond acceptors (Lipinski definition) is 2. The van der Waals surface area contributed by atoms with Gasteiger partial charge in [-0.05, 0) is 31.2 Å². The largest absolute Gasteiger partial charge is 0.345 e. The van der Waals surface area contributed by atoms with Crippen LogP contribution in [0.2, 0.25) is 0 Å². The number of amides is 1. The highest BCUT2D eigenvalue weighted by Crippen LogP contribution is 2.42. The van der Waals surface area contributed by atoms with Crippen LogP contribution in [0.1, 0.15) is 52.9 Å². The Hall–Kier alpha value is -0.280. The van der Waals surface area contributed by atoms with Gasteiger partial charge in [0.15, 0.2) is 0 Å². The fourth-order valence-electron chi connectivity index (χ4n) is 2.95. The van der Waals surface area contributed by atoms with Crippen LogP contribution < -0.4 is 5.73 Å². The molecule has 108 valence electrons. The minimum absolute atomic E-state index is 0. The Balaban J connectivity index is 0.00000289. The van der Waals surface area contributed by atoms with Crippen molar-refractivity contribution in [3.63, 3.8) is 0 Å². The molecule has 18 heavy (non-hydrogen) atoms. The van der Waals surface area contributed by atoms with E-state index in [0.29, 0.717) is 12.5 Å². The molecule has 0 aliphatic heterocycles. The van der Waals surface area contributed by atoms with Crippen molar-refractivity contribution in [2.24, 2.45) is 16.6 Å². The van der Waals surface area contributed by atoms with Crippen molar-refractivity contribution in [3.8, 4) is 0 Å². The summed E-state index contributed by atoms with van der Waals surface area (Å²) >= 11 is 0. The van der Waals surface area contributed by atoms with E-state index in [-0.39, 0.29) is 23.2 Å². The van der Waals surface area contributed by atoms with E-state index in [2.05, 4.69) is 20.8 Å². The number of rotatable bonds is 5. The molecule has 0 aromatic heterocycles. The zero-order valence-corrected chi connectivity index (χ0v) is 13.1. The third-order valence-corrected chi connectivity index (χ3v) is 4.26. The van der Waals surface area contributed by atoms with Gasteiger partial charge in [-0.15, -0.1) is 12.4 Å². The van der Waals surface area contributed by atoms with E-state index in [9.17, 15) is 4.79 Å². The maximum Gasteiger partial charge on any atom is 0.228 e. The first-order valence-corrected chi connectivity index (χ1v) is 6.82. The standard InChI is InChI=1S/C14H28N2O.ClH/c1-5-14(8-6-7-9-14)12(17)16(4)11-13(2,3)10-15;/h5-11,15H2,1-4H3;1H. The Morgan fingerprint density at radius 3 is 2.22 bits per heavy atom. The van der Waals surface area contributed by atoms with Crippen molar-refractivity contribution in [1.82, 2.24) is 4.90 Å². The lowest BCUT2D eigenvalue weighted by Crippen LogP contribution is -2.45. The molecular weight excluding hydrogens is 248 g/mol. The molecule has 1 rings (SSSR count). The van der Waals surface area contributed by atoms with Gasteiger partial charge in [-0.25, -0.2) is 0 Å². The zero-order valence-electron chi connectivity index (χ0n) is 12.3. The average molecular weight is 277 g/mol. The van der Waals surface area contributed by atoms with Crippen molar-refractivity contribution >= 4 is 18.3 Å². The van der Waals surface area contributed by atoms with Gasteiger partial charge in [-0.1, -0.05) is 33.6 Å². The lowest BCUT2D eigenvalue weighted by atomic mass is 9.81. The molecule has 0 heterocycles. The molecule has 4 heteroatoms. The third kappa shape index (κ3) is 3.86. The van der Waals surface area contributed by atoms with E-state index in [1.807, 2.05) is 11.9 Å². The molecule has 0 bridgehead atoms. The summed E-state index contributed by atoms with van der Waals surface area (Å²) in [7, 11) is 1.93. The molecule has 1 fully saturated rings. The zero-order chi connectivity index (χ0) is 13.1. The van der Waals surface area contributed by atoms with Crippen molar-refractivity contribution < 1.29 is 4.79 Å². The van der Waals surface area contributed by atoms with Crippen molar-refractivity contribution in [1.29, 1.82) is 0 Å². The van der Waals surface area contributed by atoms with E-state index in [0.717, 1.165) is 25.8 Å². The number of nitrogens with zero attached hydrogens (tertiary/aromatic N) is 1. The highest BCUT2D eigenvalue weighted by atomic mass is 35.5. The molecule has 1 aliphatic rings. The second-order valence-electron chi connectivity index (χ2n) is 6.37. The van der Waals surface area contributed by atoms with Crippen LogP contribution in [0.25, 0.3) is 0 Å². The van der Waals surface area contributed by atoms with Crippen LogP contribution in [0.5, 0.6) is 0 Å². The van der Waals surface area contributed by atoms with E-state index in [1.165, 1.54) is 12.8 Å². The summed E-state index contributed by atoms with van der Waals surface area (Å²) in [4.78, 5) is 14.5. The minimum atomic E-state index is -0.0700. The maximum atomic E-state index is 12.6. The summed E-state index contributed by atoms with van der Waals surface area (Å²) in [5.74, 6) is 0.332. The van der Waals surface area contributed by atoms with Gasteiger partial charge in [0.25, 0.3) is 0 Å². The Morgan fingerprint density at radius 2 is 1.83 bits per heavy atom. The minimum Gasteiger partial charge on any atom is -0.345 e. The van der Waals surface area contributed by atoms with Crippen LogP contribution in [-0.4, -0.2) is 30.9 Å². The van der Waals surface area contributed by atoms with Crippen LogP contribution >= 0.6 is 12.4 Å². The van der Waals surface area contributed by atoms with Crippen LogP contribution in [-0.2, 0) is 4.79 Å². The van der Waals surface area contributed by atoms with Crippen LogP contribution in [0.15, 0.2) is 0 Å². The second-order valence-corrected chi connectivity index (χ2v) is 6.37. The van der Waals surface area contributed by atoms with Gasteiger partial charge >= 0.3 is 0 Å². The number of halogens is 1. The van der Waals surface area contributed by atoms with Gasteiger partial charge in [0.05, 0.1) is 0 Å². The summed E-state index contributed by atoms with van der Waals surface area (Å²) < 4.78 is 0. The fraction of sp³-hybridized carbons (Fsp3) is 0.929. The average Bonchev–Trinajstić information content (AvgIpc) is 2.77. The van der Waals surface area contributed by atoms with Gasteiger partial charge in [0, 0.05) is 19.0 Å². The van der Waals surface area contributed by atoms with Gasteiger partial charge in [-0.3, -0.25) is 4.79 Å². The molecular formula is C14H29ClN2O. The summed E-state index contributed by atoms with van der Waals surface area (Å²) in [5.41, 5.74) is 5.68. The number of carbonyl (C=O) groups excluding carboxylic acids is 1. The lowest BCUT2D eigenvalue weighted by molar-refractivity contribution is -0.142. The monoisotopic (exact) mass is 276 g/mol. The SMILES string of the molecule is CCC1(C(=O)N(C)CC(C)(C)CN)CCCC1.Cl. The Kier molecular flexibility index (Phi) is 6.66. The van der Waals surface area contributed by atoms with Gasteiger partial charge < -0.3 is 10.6 Å². The first kappa shape index (κ1) is 17.7. The predicted octanol–water partition coefficient (Wildman–Crippen LogP) is 2.82. The first-order chi connectivity index (χ1) is 7.87. The van der Waals surface area contributed by atoms with E-state index >= 15 is 0 Å². The van der Waals surface area contributed by atoms with Crippen LogP contribution in [0, 0.1) is 10.8 Å². The normalized spacial score (nSPS) is 18.3. The molecule has 0 aromatic carbocycles. The van der Waals surface area contributed by atoms with Gasteiger partial charge in [0.1, 0.15) is 0 Å². The van der Waals surface area contributed by atoms with Gasteiger partial charge in [0.2, 0.25) is 5.91 Å². The smallest absolute Gasteiger partial charge is 0.228 e. The highest BCUT2D eigenvalue weighted by Gasteiger charge is 2.41. The van der Waals surface area contributed by atoms with Crippen LogP contribution in [0.4, 0.5) is 0 Å². The quantitative estimate of drug-likeness (QED) is 0.839. The third-order valence-electron chi connectivity index (χ3n) is 4.26. The summed E-state index contributed by atoms with van der Waals surface area (Å²) in [5, 5.41) is 0. The Labute approximate surface area is 118 Å². The summed E-state index contributed by atoms with van der Waals surface area (Å²) in [6.45, 7) is 7.74. The van der Waals surface area contributed by atoms with Gasteiger partial charge in [-0.2, -0.15) is 0 Å². The molecule has 1 saturated carbocycles. The molecule has 0 spiro atoms. The Morgan fingerprint density at radius 1 is 1.33 bits per heavy atom. The molecule has 2 N–H and O–H groups in total. The van der Waals surface area contributed by atoms with E-state index in [4.69, 9.17) is 5.73 Å². The molecule has 1 aliphatic carbocycles. The van der Waals surface area contributed by atoms with Crippen molar-refractivity contribution in [3.05, 3.63) is 0 Å². The molecule has 0 radical (unpaired) electrons. The summed E-state index contributed by atoms with van der Waals surface area (Å²) in [6, 6.07) is 0. The Bertz CT molecular complexity index is 273. The van der Waals surface area contributed by atoms with E-state index in [1.54, 1.807) is 0 Å². The fourth-order valence-corrected chi connectivity index (χ4v) is 2.95. The number of carbonyl (C=O) groups is 1. The predicted molar refractivity (Wildman–Crippen MR) is 78.9 cm³/mol. The molecule has 0 unspecified atom stereocenters. The van der Waals surface area contributed by atoms with Crippen molar-refractivity contribution in [2.75, 3.05) is 20.1 Å². The van der Waals surface area contributed by atoms with E-state index < -0.39 is 0 Å². The molecule has 3 nitrogen and oxygen atoms in total. The highest BCUT2D eigenvalue weighted by molar-refractivity contribution is 5.85. The second kappa shape index (κ2) is 6.76. The van der Waals surface area contributed by atoms with Crippen molar-refractivity contribution in [2.45, 2.75) is 52.9 Å². The van der Waals surface area contributed by atoms with Crippen LogP contribution in [0.3, 0.4) is 0 Å². The number of hydrogen-bond donors (Lipinski definition) is 1. The summed E-state index contributed by atoms with van der Waals surface area (Å²) in [6.07, 6.45) is 5.51. The first-order valence-electron chi connectivity index (χ1n) is 6.82. The number of nitrogens with two attached hydrogens (primary N) is 1. The molecule has 1 amide bonds. The topological polar surface area (TPSA) is 46.3 Å². The molecule has 0 aromatic rings.